The molecule has 0 radical (unpaired) electrons. The molecule has 0 spiro atoms. The number of ether oxygens (including phenoxy) is 1. The van der Waals surface area contributed by atoms with Gasteiger partial charge in [-0.1, -0.05) is 18.2 Å². The Morgan fingerprint density at radius 1 is 1.26 bits per heavy atom. The third-order valence-corrected chi connectivity index (χ3v) is 3.31. The molecule has 2 aromatic carbocycles. The lowest BCUT2D eigenvalue weighted by molar-refractivity contribution is -0.116. The number of amides is 1. The van der Waals surface area contributed by atoms with E-state index < -0.39 is 0 Å². The molecular formula is C18H19FN2O2. The molecule has 5 heteroatoms. The second-order valence-corrected chi connectivity index (χ2v) is 5.00. The number of nitrogen functional groups attached to an aromatic ring is 1. The van der Waals surface area contributed by atoms with E-state index in [0.29, 0.717) is 24.4 Å². The second-order valence-electron chi connectivity index (χ2n) is 5.00. The van der Waals surface area contributed by atoms with Crippen molar-refractivity contribution in [3.05, 3.63) is 65.5 Å². The van der Waals surface area contributed by atoms with E-state index in [-0.39, 0.29) is 11.7 Å². The van der Waals surface area contributed by atoms with Crippen LogP contribution in [0.5, 0.6) is 5.75 Å². The van der Waals surface area contributed by atoms with Crippen LogP contribution in [-0.4, -0.2) is 19.6 Å². The van der Waals surface area contributed by atoms with E-state index >= 15 is 0 Å². The average Bonchev–Trinajstić information content (AvgIpc) is 2.55. The van der Waals surface area contributed by atoms with Gasteiger partial charge in [-0.15, -0.1) is 0 Å². The van der Waals surface area contributed by atoms with Gasteiger partial charge in [0.05, 0.1) is 12.8 Å². The van der Waals surface area contributed by atoms with Crippen molar-refractivity contribution in [2.75, 3.05) is 19.4 Å². The van der Waals surface area contributed by atoms with Crippen molar-refractivity contribution < 1.29 is 13.9 Å². The van der Waals surface area contributed by atoms with Gasteiger partial charge in [0, 0.05) is 12.6 Å². The van der Waals surface area contributed by atoms with Crippen molar-refractivity contribution in [3.8, 4) is 5.75 Å². The van der Waals surface area contributed by atoms with Gasteiger partial charge >= 0.3 is 0 Å². The fraction of sp³-hybridized carbons (Fsp3) is 0.167. The Balaban J connectivity index is 1.82. The lowest BCUT2D eigenvalue weighted by Gasteiger charge is -2.05. The summed E-state index contributed by atoms with van der Waals surface area (Å²) in [5, 5.41) is 2.78. The minimum atomic E-state index is -0.264. The summed E-state index contributed by atoms with van der Waals surface area (Å²) < 4.78 is 17.9. The highest BCUT2D eigenvalue weighted by Crippen LogP contribution is 2.22. The van der Waals surface area contributed by atoms with Crippen LogP contribution in [0.4, 0.5) is 10.1 Å². The van der Waals surface area contributed by atoms with Gasteiger partial charge in [0.25, 0.3) is 0 Å². The Bertz CT molecular complexity index is 697. The molecule has 0 aliphatic heterocycles. The summed E-state index contributed by atoms with van der Waals surface area (Å²) in [6.07, 6.45) is 3.78. The predicted octanol–water partition coefficient (Wildman–Crippen LogP) is 2.79. The van der Waals surface area contributed by atoms with E-state index in [1.165, 1.54) is 18.2 Å². The highest BCUT2D eigenvalue weighted by molar-refractivity contribution is 5.91. The van der Waals surface area contributed by atoms with Gasteiger partial charge in [0.1, 0.15) is 11.6 Å². The standard InChI is InChI=1S/C18H19FN2O2/c1-23-17-8-4-14(12-16(17)20)5-9-18(22)21-11-10-13-2-6-15(19)7-3-13/h2-9,12H,10-11,20H2,1H3,(H,21,22)/b9-5-. The SMILES string of the molecule is COc1ccc(/C=C\C(=O)NCCc2ccc(F)cc2)cc1N. The minimum absolute atomic E-state index is 0.193. The number of hydrogen-bond donors (Lipinski definition) is 2. The number of nitrogens with one attached hydrogen (secondary N) is 1. The first kappa shape index (κ1) is 16.5. The summed E-state index contributed by atoms with van der Waals surface area (Å²) in [6, 6.07) is 11.5. The molecule has 0 saturated carbocycles. The van der Waals surface area contributed by atoms with E-state index in [1.54, 1.807) is 37.5 Å². The molecule has 3 N–H and O–H groups in total. The van der Waals surface area contributed by atoms with Crippen LogP contribution in [-0.2, 0) is 11.2 Å². The average molecular weight is 314 g/mol. The third-order valence-electron chi connectivity index (χ3n) is 3.31. The van der Waals surface area contributed by atoms with Crippen LogP contribution in [0.3, 0.4) is 0 Å². The second kappa shape index (κ2) is 7.98. The van der Waals surface area contributed by atoms with Crippen LogP contribution in [0.1, 0.15) is 11.1 Å². The lowest BCUT2D eigenvalue weighted by atomic mass is 10.1. The van der Waals surface area contributed by atoms with E-state index in [9.17, 15) is 9.18 Å². The van der Waals surface area contributed by atoms with Gasteiger partial charge in [0.2, 0.25) is 5.91 Å². The number of rotatable bonds is 6. The molecule has 1 amide bonds. The summed E-state index contributed by atoms with van der Waals surface area (Å²) >= 11 is 0. The van der Waals surface area contributed by atoms with Gasteiger partial charge in [0.15, 0.2) is 0 Å². The molecule has 2 aromatic rings. The van der Waals surface area contributed by atoms with Crippen LogP contribution in [0.15, 0.2) is 48.5 Å². The van der Waals surface area contributed by atoms with Gasteiger partial charge < -0.3 is 15.8 Å². The molecule has 0 saturated heterocycles. The van der Waals surface area contributed by atoms with Crippen molar-refractivity contribution in [2.45, 2.75) is 6.42 Å². The summed E-state index contributed by atoms with van der Waals surface area (Å²) in [5.74, 6) is 0.145. The number of anilines is 1. The van der Waals surface area contributed by atoms with Crippen LogP contribution in [0.2, 0.25) is 0 Å². The summed E-state index contributed by atoms with van der Waals surface area (Å²) in [7, 11) is 1.55. The first-order valence-corrected chi connectivity index (χ1v) is 7.22. The van der Waals surface area contributed by atoms with Crippen LogP contribution in [0, 0.1) is 5.82 Å². The Kier molecular flexibility index (Phi) is 5.74. The van der Waals surface area contributed by atoms with E-state index in [0.717, 1.165) is 11.1 Å². The summed E-state index contributed by atoms with van der Waals surface area (Å²) in [5.41, 5.74) is 8.11. The molecule has 4 nitrogen and oxygen atoms in total. The maximum atomic E-state index is 12.8. The van der Waals surface area contributed by atoms with E-state index in [2.05, 4.69) is 5.32 Å². The predicted molar refractivity (Wildman–Crippen MR) is 89.6 cm³/mol. The molecule has 0 heterocycles. The van der Waals surface area contributed by atoms with Gasteiger partial charge in [-0.25, -0.2) is 4.39 Å². The zero-order valence-corrected chi connectivity index (χ0v) is 12.9. The van der Waals surface area contributed by atoms with Gasteiger partial charge in [-0.3, -0.25) is 4.79 Å². The number of hydrogen-bond acceptors (Lipinski definition) is 3. The minimum Gasteiger partial charge on any atom is -0.495 e. The molecule has 0 aliphatic rings. The zero-order valence-electron chi connectivity index (χ0n) is 12.9. The molecule has 0 aromatic heterocycles. The Hall–Kier alpha value is -2.82. The normalized spacial score (nSPS) is 10.7. The summed E-state index contributed by atoms with van der Waals surface area (Å²) in [4.78, 5) is 11.8. The number of carbonyl (C=O) groups is 1. The van der Waals surface area contributed by atoms with Crippen molar-refractivity contribution >= 4 is 17.7 Å². The summed E-state index contributed by atoms with van der Waals surface area (Å²) in [6.45, 7) is 0.486. The maximum absolute atomic E-state index is 12.8. The van der Waals surface area contributed by atoms with E-state index in [4.69, 9.17) is 10.5 Å². The fourth-order valence-corrected chi connectivity index (χ4v) is 2.07. The molecule has 0 bridgehead atoms. The third kappa shape index (κ3) is 5.14. The van der Waals surface area contributed by atoms with Gasteiger partial charge in [-0.2, -0.15) is 0 Å². The van der Waals surface area contributed by atoms with Crippen molar-refractivity contribution in [3.63, 3.8) is 0 Å². The quantitative estimate of drug-likeness (QED) is 0.636. The van der Waals surface area contributed by atoms with Crippen molar-refractivity contribution in [2.24, 2.45) is 0 Å². The molecular weight excluding hydrogens is 295 g/mol. The first-order valence-electron chi connectivity index (χ1n) is 7.22. The highest BCUT2D eigenvalue weighted by Gasteiger charge is 2.00. The zero-order chi connectivity index (χ0) is 16.7. The maximum Gasteiger partial charge on any atom is 0.244 e. The van der Waals surface area contributed by atoms with Crippen LogP contribution in [0.25, 0.3) is 6.08 Å². The van der Waals surface area contributed by atoms with Crippen molar-refractivity contribution in [1.82, 2.24) is 5.32 Å². The first-order chi connectivity index (χ1) is 11.1. The lowest BCUT2D eigenvalue weighted by Crippen LogP contribution is -2.23. The molecule has 0 unspecified atom stereocenters. The number of carbonyl (C=O) groups excluding carboxylic acids is 1. The number of nitrogens with two attached hydrogens (primary N) is 1. The monoisotopic (exact) mass is 314 g/mol. The van der Waals surface area contributed by atoms with Gasteiger partial charge in [-0.05, 0) is 47.9 Å². The molecule has 23 heavy (non-hydrogen) atoms. The van der Waals surface area contributed by atoms with Crippen molar-refractivity contribution in [1.29, 1.82) is 0 Å². The number of methoxy groups -OCH3 is 1. The Morgan fingerprint density at radius 2 is 2.00 bits per heavy atom. The largest absolute Gasteiger partial charge is 0.495 e. The topological polar surface area (TPSA) is 64.3 Å². The Labute approximate surface area is 134 Å². The number of halogens is 1. The van der Waals surface area contributed by atoms with E-state index in [1.807, 2.05) is 6.07 Å². The highest BCUT2D eigenvalue weighted by atomic mass is 19.1. The fourth-order valence-electron chi connectivity index (χ4n) is 2.07. The molecule has 120 valence electrons. The molecule has 2 rings (SSSR count). The molecule has 0 atom stereocenters. The van der Waals surface area contributed by atoms with Crippen LogP contribution < -0.4 is 15.8 Å². The smallest absolute Gasteiger partial charge is 0.244 e. The number of benzene rings is 2. The molecule has 0 aliphatic carbocycles. The molecule has 0 fully saturated rings. The Morgan fingerprint density at radius 3 is 2.65 bits per heavy atom. The van der Waals surface area contributed by atoms with Crippen LogP contribution >= 0.6 is 0 Å².